The molecule has 0 saturated heterocycles. The fourth-order valence-electron chi connectivity index (χ4n) is 2.47. The van der Waals surface area contributed by atoms with Crippen LogP contribution in [0.5, 0.6) is 0 Å². The van der Waals surface area contributed by atoms with Crippen LogP contribution >= 0.6 is 24.0 Å². The van der Waals surface area contributed by atoms with Crippen molar-refractivity contribution >= 4 is 29.9 Å². The van der Waals surface area contributed by atoms with E-state index in [1.54, 1.807) is 14.2 Å². The Bertz CT molecular complexity index is 464. The summed E-state index contributed by atoms with van der Waals surface area (Å²) in [6.45, 7) is 3.56. The zero-order chi connectivity index (χ0) is 15.7. The lowest BCUT2D eigenvalue weighted by atomic mass is 9.96. The summed E-state index contributed by atoms with van der Waals surface area (Å²) in [5, 5.41) is 6.70. The molecule has 2 N–H and O–H groups in total. The Hall–Kier alpha value is -0.860. The van der Waals surface area contributed by atoms with E-state index in [0.717, 1.165) is 19.0 Å². The van der Waals surface area contributed by atoms with Crippen molar-refractivity contribution in [2.75, 3.05) is 47.1 Å². The highest BCUT2D eigenvalue weighted by atomic mass is 127. The van der Waals surface area contributed by atoms with Crippen molar-refractivity contribution in [3.8, 4) is 0 Å². The number of benzene rings is 1. The van der Waals surface area contributed by atoms with Gasteiger partial charge in [-0.25, -0.2) is 0 Å². The second kappa shape index (κ2) is 10.8. The van der Waals surface area contributed by atoms with E-state index in [1.165, 1.54) is 18.4 Å². The zero-order valence-electron chi connectivity index (χ0n) is 14.0. The number of nitrogens with zero attached hydrogens (tertiary/aromatic N) is 1. The van der Waals surface area contributed by atoms with Gasteiger partial charge in [0, 0.05) is 32.7 Å². The van der Waals surface area contributed by atoms with E-state index in [4.69, 9.17) is 9.47 Å². The van der Waals surface area contributed by atoms with Gasteiger partial charge in [0.25, 0.3) is 0 Å². The first kappa shape index (κ1) is 20.2. The monoisotopic (exact) mass is 433 g/mol. The highest BCUT2D eigenvalue weighted by Crippen LogP contribution is 2.47. The maximum Gasteiger partial charge on any atom is 0.191 e. The largest absolute Gasteiger partial charge is 0.382 e. The number of aliphatic imine (C=N–C) groups is 1. The highest BCUT2D eigenvalue weighted by molar-refractivity contribution is 14.0. The van der Waals surface area contributed by atoms with Crippen molar-refractivity contribution in [2.24, 2.45) is 4.99 Å². The molecule has 1 aromatic carbocycles. The summed E-state index contributed by atoms with van der Waals surface area (Å²) in [7, 11) is 3.47. The molecule has 0 radical (unpaired) electrons. The van der Waals surface area contributed by atoms with E-state index in [-0.39, 0.29) is 29.4 Å². The molecule has 23 heavy (non-hydrogen) atoms. The third-order valence-electron chi connectivity index (χ3n) is 4.03. The molecule has 0 aliphatic heterocycles. The highest BCUT2D eigenvalue weighted by Gasteiger charge is 2.43. The number of ether oxygens (including phenoxy) is 2. The molecule has 5 nitrogen and oxygen atoms in total. The fraction of sp³-hybridized carbons (Fsp3) is 0.588. The van der Waals surface area contributed by atoms with Crippen LogP contribution < -0.4 is 10.6 Å². The lowest BCUT2D eigenvalue weighted by Crippen LogP contribution is -2.42. The average molecular weight is 433 g/mol. The molecule has 1 aromatic rings. The van der Waals surface area contributed by atoms with Gasteiger partial charge in [-0.1, -0.05) is 30.3 Å². The van der Waals surface area contributed by atoms with Crippen LogP contribution in [0.3, 0.4) is 0 Å². The van der Waals surface area contributed by atoms with Gasteiger partial charge in [-0.15, -0.1) is 24.0 Å². The van der Waals surface area contributed by atoms with E-state index < -0.39 is 0 Å². The van der Waals surface area contributed by atoms with Gasteiger partial charge in [0.15, 0.2) is 5.96 Å². The minimum atomic E-state index is 0. The molecule has 0 bridgehead atoms. The molecule has 1 saturated carbocycles. The maximum atomic E-state index is 5.43. The number of nitrogens with one attached hydrogen (secondary N) is 2. The van der Waals surface area contributed by atoms with Crippen molar-refractivity contribution in [1.29, 1.82) is 0 Å². The van der Waals surface area contributed by atoms with E-state index in [9.17, 15) is 0 Å². The first-order valence-electron chi connectivity index (χ1n) is 7.87. The van der Waals surface area contributed by atoms with Gasteiger partial charge in [0.1, 0.15) is 0 Å². The van der Waals surface area contributed by atoms with Crippen molar-refractivity contribution in [3.05, 3.63) is 35.9 Å². The summed E-state index contributed by atoms with van der Waals surface area (Å²) in [5.41, 5.74) is 1.70. The number of hydrogen-bond donors (Lipinski definition) is 2. The SMILES string of the molecule is CN=C(NCCOCCOC)NCC1(c2ccccc2)CC1.I. The van der Waals surface area contributed by atoms with Crippen LogP contribution in [0.1, 0.15) is 18.4 Å². The van der Waals surface area contributed by atoms with Gasteiger partial charge in [0.2, 0.25) is 0 Å². The number of methoxy groups -OCH3 is 1. The molecule has 2 rings (SSSR count). The van der Waals surface area contributed by atoms with Crippen LogP contribution in [0, 0.1) is 0 Å². The second-order valence-corrected chi connectivity index (χ2v) is 5.60. The molecule has 0 spiro atoms. The van der Waals surface area contributed by atoms with Crippen LogP contribution in [0.4, 0.5) is 0 Å². The molecule has 6 heteroatoms. The molecule has 0 amide bonds. The molecule has 1 fully saturated rings. The average Bonchev–Trinajstić information content (AvgIpc) is 3.35. The molecule has 130 valence electrons. The molecular formula is C17H28IN3O2. The Morgan fingerprint density at radius 2 is 1.87 bits per heavy atom. The Morgan fingerprint density at radius 1 is 1.13 bits per heavy atom. The Morgan fingerprint density at radius 3 is 2.48 bits per heavy atom. The number of hydrogen-bond acceptors (Lipinski definition) is 3. The lowest BCUT2D eigenvalue weighted by molar-refractivity contribution is 0.0733. The predicted octanol–water partition coefficient (Wildman–Crippen LogP) is 2.16. The van der Waals surface area contributed by atoms with E-state index in [2.05, 4.69) is 46.0 Å². The van der Waals surface area contributed by atoms with Gasteiger partial charge in [-0.3, -0.25) is 4.99 Å². The first-order chi connectivity index (χ1) is 10.8. The van der Waals surface area contributed by atoms with Crippen LogP contribution in [-0.2, 0) is 14.9 Å². The van der Waals surface area contributed by atoms with E-state index >= 15 is 0 Å². The zero-order valence-corrected chi connectivity index (χ0v) is 16.3. The molecular weight excluding hydrogens is 405 g/mol. The van der Waals surface area contributed by atoms with Gasteiger partial charge >= 0.3 is 0 Å². The van der Waals surface area contributed by atoms with Crippen LogP contribution in [-0.4, -0.2) is 53.0 Å². The Labute approximate surface area is 156 Å². The molecule has 0 unspecified atom stereocenters. The van der Waals surface area contributed by atoms with E-state index in [1.807, 2.05) is 0 Å². The van der Waals surface area contributed by atoms with Crippen molar-refractivity contribution in [3.63, 3.8) is 0 Å². The Balaban J connectivity index is 0.00000264. The molecule has 0 aromatic heterocycles. The maximum absolute atomic E-state index is 5.43. The first-order valence-corrected chi connectivity index (χ1v) is 7.87. The summed E-state index contributed by atoms with van der Waals surface area (Å²) in [4.78, 5) is 4.26. The van der Waals surface area contributed by atoms with Crippen molar-refractivity contribution in [1.82, 2.24) is 10.6 Å². The summed E-state index contributed by atoms with van der Waals surface area (Å²) in [5.74, 6) is 0.831. The fourth-order valence-corrected chi connectivity index (χ4v) is 2.47. The van der Waals surface area contributed by atoms with Crippen molar-refractivity contribution < 1.29 is 9.47 Å². The third kappa shape index (κ3) is 6.64. The van der Waals surface area contributed by atoms with Crippen LogP contribution in [0.25, 0.3) is 0 Å². The quantitative estimate of drug-likeness (QED) is 0.271. The van der Waals surface area contributed by atoms with Gasteiger partial charge in [-0.2, -0.15) is 0 Å². The number of rotatable bonds is 9. The van der Waals surface area contributed by atoms with Gasteiger partial charge < -0.3 is 20.1 Å². The summed E-state index contributed by atoms with van der Waals surface area (Å²) < 4.78 is 10.4. The minimum Gasteiger partial charge on any atom is -0.382 e. The number of halogens is 1. The second-order valence-electron chi connectivity index (χ2n) is 5.60. The summed E-state index contributed by atoms with van der Waals surface area (Å²) in [6.07, 6.45) is 2.47. The van der Waals surface area contributed by atoms with E-state index in [0.29, 0.717) is 19.8 Å². The predicted molar refractivity (Wildman–Crippen MR) is 105 cm³/mol. The summed E-state index contributed by atoms with van der Waals surface area (Å²) >= 11 is 0. The van der Waals surface area contributed by atoms with Gasteiger partial charge in [-0.05, 0) is 18.4 Å². The smallest absolute Gasteiger partial charge is 0.191 e. The van der Waals surface area contributed by atoms with Crippen LogP contribution in [0.15, 0.2) is 35.3 Å². The lowest BCUT2D eigenvalue weighted by Gasteiger charge is -2.19. The normalized spacial score (nSPS) is 15.7. The standard InChI is InChI=1S/C17H27N3O2.HI/c1-18-16(19-10-11-22-13-12-21-2)20-14-17(8-9-17)15-6-4-3-5-7-15;/h3-7H,8-14H2,1-2H3,(H2,18,19,20);1H. The molecule has 1 aliphatic rings. The Kier molecular flexibility index (Phi) is 9.50. The molecule has 0 heterocycles. The third-order valence-corrected chi connectivity index (χ3v) is 4.03. The minimum absolute atomic E-state index is 0. The topological polar surface area (TPSA) is 54.9 Å². The summed E-state index contributed by atoms with van der Waals surface area (Å²) in [6, 6.07) is 10.7. The van der Waals surface area contributed by atoms with Crippen LogP contribution in [0.2, 0.25) is 0 Å². The molecule has 0 atom stereocenters. The van der Waals surface area contributed by atoms with Gasteiger partial charge in [0.05, 0.1) is 19.8 Å². The molecule has 1 aliphatic carbocycles. The van der Waals surface area contributed by atoms with Crippen molar-refractivity contribution in [2.45, 2.75) is 18.3 Å². The number of guanidine groups is 1.